The van der Waals surface area contributed by atoms with Gasteiger partial charge < -0.3 is 112 Å². The first-order chi connectivity index (χ1) is 30.5. The fourth-order valence-electron chi connectivity index (χ4n) is 7.48. The monoisotopic (exact) mass is 918 g/mol. The zero-order valence-electron chi connectivity index (χ0n) is 35.7. The van der Waals surface area contributed by atoms with Crippen LogP contribution in [0.25, 0.3) is 0 Å². The number of carbonyl (C=O) groups is 2. The number of aliphatic hydroxyl groups excluding tert-OH is 8. The van der Waals surface area contributed by atoms with E-state index < -0.39 is 136 Å². The fourth-order valence-corrected chi connectivity index (χ4v) is 7.48. The number of nitrogens with one attached hydrogen (secondary N) is 3. The van der Waals surface area contributed by atoms with E-state index in [1.54, 1.807) is 0 Å². The van der Waals surface area contributed by atoms with Gasteiger partial charge in [-0.25, -0.2) is 0 Å². The van der Waals surface area contributed by atoms with Crippen molar-refractivity contribution in [1.82, 2.24) is 16.0 Å². The predicted octanol–water partition coefficient (Wildman–Crippen LogP) is -5.96. The Morgan fingerprint density at radius 2 is 1.36 bits per heavy atom. The lowest BCUT2D eigenvalue weighted by atomic mass is 9.94. The summed E-state index contributed by atoms with van der Waals surface area (Å²) in [5.74, 6) is -1.15. The highest BCUT2D eigenvalue weighted by molar-refractivity contribution is 5.94. The number of unbranched alkanes of at least 4 members (excludes halogenated alkanes) is 1. The van der Waals surface area contributed by atoms with Crippen LogP contribution in [0.1, 0.15) is 43.5 Å². The molecule has 0 aliphatic carbocycles. The average molecular weight is 919 g/mol. The van der Waals surface area contributed by atoms with Crippen molar-refractivity contribution in [3.63, 3.8) is 0 Å². The van der Waals surface area contributed by atoms with Gasteiger partial charge in [-0.3, -0.25) is 9.59 Å². The summed E-state index contributed by atoms with van der Waals surface area (Å²) in [4.78, 5) is 25.1. The van der Waals surface area contributed by atoms with Gasteiger partial charge in [-0.2, -0.15) is 0 Å². The van der Waals surface area contributed by atoms with Crippen LogP contribution in [-0.4, -0.2) is 209 Å². The quantitative estimate of drug-likeness (QED) is 0.0511. The molecule has 2 amide bonds. The fraction of sp³-hybridized carbons (Fsp3) is 0.750. The van der Waals surface area contributed by atoms with Crippen LogP contribution in [0, 0.1) is 0 Å². The number of carbonyl (C=O) groups excluding carboxylic acids is 2. The second-order valence-electron chi connectivity index (χ2n) is 16.2. The van der Waals surface area contributed by atoms with Gasteiger partial charge in [0.05, 0.1) is 37.5 Å². The highest BCUT2D eigenvalue weighted by Crippen LogP contribution is 2.35. The van der Waals surface area contributed by atoms with Gasteiger partial charge in [0, 0.05) is 12.1 Å². The van der Waals surface area contributed by atoms with E-state index in [4.69, 9.17) is 55.1 Å². The van der Waals surface area contributed by atoms with E-state index in [2.05, 4.69) is 22.5 Å². The number of rotatable bonds is 21. The number of hydrogen-bond donors (Lipinski definition) is 14. The number of amides is 2. The molecule has 4 aliphatic rings. The molecule has 0 saturated carbocycles. The Hall–Kier alpha value is -3.22. The summed E-state index contributed by atoms with van der Waals surface area (Å²) in [7, 11) is 0. The molecule has 24 heteroatoms. The molecule has 364 valence electrons. The molecule has 0 radical (unpaired) electrons. The number of hydrogen-bond acceptors (Lipinski definition) is 22. The lowest BCUT2D eigenvalue weighted by Crippen LogP contribution is -2.69. The summed E-state index contributed by atoms with van der Waals surface area (Å²) in [5, 5.41) is 96.0. The van der Waals surface area contributed by atoms with Gasteiger partial charge in [-0.1, -0.05) is 6.58 Å². The van der Waals surface area contributed by atoms with Crippen molar-refractivity contribution in [2.24, 2.45) is 17.2 Å². The Morgan fingerprint density at radius 1 is 0.766 bits per heavy atom. The highest BCUT2D eigenvalue weighted by Gasteiger charge is 2.55. The maximum Gasteiger partial charge on any atom is 0.251 e. The molecule has 4 saturated heterocycles. The first-order valence-electron chi connectivity index (χ1n) is 21.4. The molecule has 0 aromatic heterocycles. The zero-order valence-corrected chi connectivity index (χ0v) is 35.7. The summed E-state index contributed by atoms with van der Waals surface area (Å²) < 4.78 is 46.2. The molecule has 4 heterocycles. The van der Waals surface area contributed by atoms with Crippen molar-refractivity contribution in [2.45, 2.75) is 150 Å². The van der Waals surface area contributed by atoms with Crippen LogP contribution in [0.2, 0.25) is 0 Å². The average Bonchev–Trinajstić information content (AvgIpc) is 3.57. The van der Waals surface area contributed by atoms with Crippen molar-refractivity contribution in [3.05, 3.63) is 42.2 Å². The van der Waals surface area contributed by atoms with Crippen LogP contribution >= 0.6 is 0 Å². The molecule has 4 fully saturated rings. The first kappa shape index (κ1) is 51.8. The van der Waals surface area contributed by atoms with Crippen LogP contribution < -0.4 is 37.9 Å². The van der Waals surface area contributed by atoms with Crippen LogP contribution in [0.5, 0.6) is 5.75 Å². The normalized spacial score (nSPS) is 38.3. The van der Waals surface area contributed by atoms with Gasteiger partial charge in [-0.05, 0) is 77.0 Å². The molecule has 17 N–H and O–H groups in total. The minimum absolute atomic E-state index is 0.205. The molecular weight excluding hydrogens is 852 g/mol. The van der Waals surface area contributed by atoms with E-state index in [0.29, 0.717) is 18.7 Å². The third kappa shape index (κ3) is 12.6. The van der Waals surface area contributed by atoms with E-state index >= 15 is 0 Å². The summed E-state index contributed by atoms with van der Waals surface area (Å²) in [6.45, 7) is 7.77. The lowest BCUT2D eigenvalue weighted by Gasteiger charge is -2.48. The third-order valence-corrected chi connectivity index (χ3v) is 11.4. The molecule has 4 aliphatic heterocycles. The minimum Gasteiger partial charge on any atom is -0.464 e. The molecule has 1 aromatic rings. The van der Waals surface area contributed by atoms with Gasteiger partial charge >= 0.3 is 0 Å². The largest absolute Gasteiger partial charge is 0.464 e. The predicted molar refractivity (Wildman–Crippen MR) is 219 cm³/mol. The molecule has 64 heavy (non-hydrogen) atoms. The molecule has 24 nitrogen and oxygen atoms in total. The van der Waals surface area contributed by atoms with Gasteiger partial charge in [0.15, 0.2) is 12.6 Å². The second-order valence-corrected chi connectivity index (χ2v) is 16.2. The summed E-state index contributed by atoms with van der Waals surface area (Å²) in [6.07, 6.45) is -22.7. The van der Waals surface area contributed by atoms with Gasteiger partial charge in [-0.15, -0.1) is 0 Å². The first-order valence-corrected chi connectivity index (χ1v) is 21.4. The van der Waals surface area contributed by atoms with Crippen molar-refractivity contribution in [2.75, 3.05) is 39.4 Å². The van der Waals surface area contributed by atoms with Crippen LogP contribution in [0.3, 0.4) is 0 Å². The van der Waals surface area contributed by atoms with Crippen LogP contribution in [0.4, 0.5) is 0 Å². The SMILES string of the molecule is C=C1O[C@H](O[C@H]2[C@@H](O)[C@@H](Oc3ccc(C(=O)NCCCNCCCCN)cc3)O[C@@H]2CO)[C@H](O)[C@@H](O[C@@H]2O[C@H](CO)[C@H](O[C@H]3O[C@H](C)[C@H](N)[C@H](O)[C@H]3NC(=O)[C@H](C)N)[C@H](O)[C@H]2O)[C@@H]1O. The molecule has 0 spiro atoms. The Morgan fingerprint density at radius 3 is 2.00 bits per heavy atom. The van der Waals surface area contributed by atoms with Gasteiger partial charge in [0.25, 0.3) is 5.91 Å². The summed E-state index contributed by atoms with van der Waals surface area (Å²) in [6, 6.07) is 2.76. The van der Waals surface area contributed by atoms with Gasteiger partial charge in [0.1, 0.15) is 78.6 Å². The highest BCUT2D eigenvalue weighted by atomic mass is 16.8. The molecular formula is C40H66N6O18. The third-order valence-electron chi connectivity index (χ3n) is 11.4. The number of aliphatic hydroxyl groups is 8. The van der Waals surface area contributed by atoms with E-state index in [9.17, 15) is 50.4 Å². The Balaban J connectivity index is 1.18. The van der Waals surface area contributed by atoms with E-state index in [1.165, 1.54) is 38.1 Å². The second kappa shape index (κ2) is 24.0. The molecule has 19 atom stereocenters. The van der Waals surface area contributed by atoms with Crippen molar-refractivity contribution < 1.29 is 88.3 Å². The topological polar surface area (TPSA) is 384 Å². The van der Waals surface area contributed by atoms with E-state index in [-0.39, 0.29) is 17.4 Å². The van der Waals surface area contributed by atoms with E-state index in [0.717, 1.165) is 32.4 Å². The standard InChI is InChI=1S/C40H66N6O18/c1-17(42)35(55)46-25-27(50)24(43)18(2)57-37(25)62-32-22(15-47)60-38(29(52)28(32)51)64-34-26(49)19(3)58-39(31(34)54)63-33-23(16-48)61-40(30(33)53)59-21-9-7-20(8-10-21)36(56)45-14-6-13-44-12-5-4-11-41/h7-10,17-18,22-34,37-40,44,47-54H,3-6,11-16,41-43H2,1-2H3,(H,45,56)(H,46,55)/t17-,18+,22+,23+,24-,25+,26+,27-,28+,29+,30+,31+,32-,33+,34-,37+,38-,39+,40-/m0/s1. The molecule has 0 unspecified atom stereocenters. The maximum absolute atomic E-state index is 12.6. The smallest absolute Gasteiger partial charge is 0.251 e. The summed E-state index contributed by atoms with van der Waals surface area (Å²) in [5.41, 5.74) is 17.6. The molecule has 5 rings (SSSR count). The number of benzene rings is 1. The Bertz CT molecular complexity index is 1630. The van der Waals surface area contributed by atoms with Crippen molar-refractivity contribution in [3.8, 4) is 5.75 Å². The number of ether oxygens (including phenoxy) is 8. The zero-order chi connectivity index (χ0) is 46.8. The van der Waals surface area contributed by atoms with E-state index in [1.807, 2.05) is 0 Å². The molecule has 1 aromatic carbocycles. The van der Waals surface area contributed by atoms with Gasteiger partial charge in [0.2, 0.25) is 18.5 Å². The maximum atomic E-state index is 12.6. The minimum atomic E-state index is -1.98. The van der Waals surface area contributed by atoms with Crippen molar-refractivity contribution >= 4 is 11.8 Å². The van der Waals surface area contributed by atoms with Crippen molar-refractivity contribution in [1.29, 1.82) is 0 Å². The van der Waals surface area contributed by atoms with Crippen LogP contribution in [0.15, 0.2) is 36.6 Å². The Labute approximate surface area is 369 Å². The molecule has 0 bridgehead atoms. The van der Waals surface area contributed by atoms with Crippen LogP contribution in [-0.2, 0) is 38.0 Å². The summed E-state index contributed by atoms with van der Waals surface area (Å²) >= 11 is 0. The lowest BCUT2D eigenvalue weighted by molar-refractivity contribution is -0.362. The number of nitrogens with two attached hydrogens (primary N) is 3. The Kier molecular flexibility index (Phi) is 19.4.